The number of phenolic OH excluding ortho intramolecular Hbond substituents is 1. The highest BCUT2D eigenvalue weighted by Gasteiger charge is 2.39. The molecule has 2 aliphatic rings. The van der Waals surface area contributed by atoms with Crippen LogP contribution in [0.2, 0.25) is 0 Å². The third kappa shape index (κ3) is 19.2. The quantitative estimate of drug-likeness (QED) is 0.0548. The summed E-state index contributed by atoms with van der Waals surface area (Å²) in [5, 5.41) is 30.5. The second-order valence-corrected chi connectivity index (χ2v) is 19.0. The lowest BCUT2D eigenvalue weighted by Gasteiger charge is -2.38. The summed E-state index contributed by atoms with van der Waals surface area (Å²) < 4.78 is 4.62. The Labute approximate surface area is 392 Å². The van der Waals surface area contributed by atoms with E-state index in [9.17, 15) is 29.7 Å². The summed E-state index contributed by atoms with van der Waals surface area (Å²) in [6, 6.07) is 27.1. The summed E-state index contributed by atoms with van der Waals surface area (Å²) in [6.45, 7) is 17.5. The number of amides is 1. The zero-order valence-corrected chi connectivity index (χ0v) is 41.2. The Hall–Kier alpha value is -4.31. The minimum atomic E-state index is -0.727. The number of aliphatic hydroxyl groups is 2. The number of unbranched alkanes of at least 4 members (excludes halogenated alkanes) is 4. The Bertz CT molecular complexity index is 1810. The van der Waals surface area contributed by atoms with Crippen LogP contribution in [0.15, 0.2) is 91.0 Å². The van der Waals surface area contributed by atoms with Crippen LogP contribution in [0, 0.1) is 11.8 Å². The summed E-state index contributed by atoms with van der Waals surface area (Å²) >= 11 is 0. The number of aromatic hydroxyl groups is 1. The van der Waals surface area contributed by atoms with Gasteiger partial charge in [0.1, 0.15) is 11.5 Å². The number of hydrogen-bond donors (Lipinski definition) is 3. The summed E-state index contributed by atoms with van der Waals surface area (Å²) in [5.74, 6) is 1.18. The molecular formula is C56H84N2O7. The lowest BCUT2D eigenvalue weighted by molar-refractivity contribution is -0.140. The Morgan fingerprint density at radius 3 is 2.03 bits per heavy atom. The molecule has 0 spiro atoms. The second-order valence-electron chi connectivity index (χ2n) is 19.0. The van der Waals surface area contributed by atoms with Gasteiger partial charge in [0.15, 0.2) is 0 Å². The van der Waals surface area contributed by atoms with E-state index in [2.05, 4.69) is 86.7 Å². The van der Waals surface area contributed by atoms with Crippen LogP contribution < -0.4 is 4.90 Å². The maximum Gasteiger partial charge on any atom is 0.305 e. The molecular weight excluding hydrogens is 813 g/mol. The predicted molar refractivity (Wildman–Crippen MR) is 266 cm³/mol. The van der Waals surface area contributed by atoms with E-state index in [1.54, 1.807) is 0 Å². The number of benzene rings is 3. The van der Waals surface area contributed by atoms with Crippen LogP contribution in [0.3, 0.4) is 0 Å². The van der Waals surface area contributed by atoms with E-state index >= 15 is 0 Å². The third-order valence-corrected chi connectivity index (χ3v) is 13.0. The molecule has 3 N–H and O–H groups in total. The highest BCUT2D eigenvalue weighted by atomic mass is 16.5. The number of phenols is 1. The number of ketones is 1. The number of para-hydroxylation sites is 2. The molecule has 2 fully saturated rings. The van der Waals surface area contributed by atoms with E-state index in [0.717, 1.165) is 107 Å². The SMILES string of the molecule is CC(C)c1cccc(C(C)C)c1O.CCC(=O)N(c1ccccc1)C1CCN(CCc2ccccc2)CC1.CCCCC(C)(O)C/C=C/[C@H]1[C@H](O)CC(=O)[C@@H]1CCCCCCC(=O)OC. The first-order valence-corrected chi connectivity index (χ1v) is 24.7. The molecule has 9 heteroatoms. The van der Waals surface area contributed by atoms with Crippen LogP contribution in [0.25, 0.3) is 0 Å². The molecule has 3 aromatic carbocycles. The van der Waals surface area contributed by atoms with Crippen LogP contribution in [-0.2, 0) is 25.5 Å². The van der Waals surface area contributed by atoms with Crippen molar-refractivity contribution in [3.8, 4) is 5.75 Å². The maximum absolute atomic E-state index is 12.5. The zero-order valence-electron chi connectivity index (χ0n) is 41.2. The standard InChI is InChI=1S/C22H28N2O.C22H38O5.C12H18O/c1-2-22(25)24(20-11-7-4-8-12-20)21-14-17-23(18-15-21)16-13-19-9-5-3-6-10-19;1-4-5-14-22(2,26)15-10-12-18-17(19(23)16-20(18)24)11-8-6-7-9-13-21(25)27-3;1-8(2)10-6-5-7-11(9(3)4)12(10)13/h3-12,21H,2,13-18H2,1H3;10,12,17-18,20,24,26H,4-9,11,13-16H2,1-3H3;5-9,13H,1-4H3/b;12-10+;/t;17-,18-,20-,22?;/m.1./s1. The fourth-order valence-corrected chi connectivity index (χ4v) is 8.98. The fraction of sp³-hybridized carbons (Fsp3) is 0.589. The van der Waals surface area contributed by atoms with E-state index in [4.69, 9.17) is 0 Å². The molecule has 3 aromatic rings. The van der Waals surface area contributed by atoms with Gasteiger partial charge in [0.25, 0.3) is 0 Å². The van der Waals surface area contributed by atoms with Gasteiger partial charge >= 0.3 is 5.97 Å². The Balaban J connectivity index is 0.000000274. The van der Waals surface area contributed by atoms with Crippen molar-refractivity contribution in [2.75, 3.05) is 31.6 Å². The molecule has 1 aliphatic heterocycles. The number of nitrogens with zero attached hydrogens (tertiary/aromatic N) is 2. The molecule has 4 atom stereocenters. The maximum atomic E-state index is 12.5. The number of carbonyl (C=O) groups excluding carboxylic acids is 3. The van der Waals surface area contributed by atoms with Gasteiger partial charge < -0.3 is 29.9 Å². The highest BCUT2D eigenvalue weighted by molar-refractivity contribution is 5.93. The van der Waals surface area contributed by atoms with Crippen LogP contribution in [-0.4, -0.2) is 82.4 Å². The molecule has 9 nitrogen and oxygen atoms in total. The highest BCUT2D eigenvalue weighted by Crippen LogP contribution is 2.35. The molecule has 0 bridgehead atoms. The predicted octanol–water partition coefficient (Wildman–Crippen LogP) is 11.7. The van der Waals surface area contributed by atoms with Crippen LogP contribution in [0.4, 0.5) is 5.69 Å². The van der Waals surface area contributed by atoms with Gasteiger partial charge in [-0.15, -0.1) is 0 Å². The molecule has 1 unspecified atom stereocenters. The number of rotatable bonds is 21. The zero-order chi connectivity index (χ0) is 47.8. The first-order chi connectivity index (χ1) is 31.1. The number of Topliss-reactive ketones (excluding diaryl/α,β-unsaturated/α-hetero) is 1. The van der Waals surface area contributed by atoms with Crippen LogP contribution in [0.5, 0.6) is 5.75 Å². The minimum Gasteiger partial charge on any atom is -0.507 e. The van der Waals surface area contributed by atoms with Gasteiger partial charge in [-0.25, -0.2) is 0 Å². The Morgan fingerprint density at radius 1 is 0.862 bits per heavy atom. The van der Waals surface area contributed by atoms with Crippen molar-refractivity contribution in [2.24, 2.45) is 11.8 Å². The van der Waals surface area contributed by atoms with E-state index in [1.165, 1.54) is 12.7 Å². The van der Waals surface area contributed by atoms with E-state index in [1.807, 2.05) is 67.3 Å². The van der Waals surface area contributed by atoms with Gasteiger partial charge in [0, 0.05) is 62.5 Å². The lowest BCUT2D eigenvalue weighted by Crippen LogP contribution is -2.47. The number of piperidine rings is 1. The van der Waals surface area contributed by atoms with Crippen molar-refractivity contribution in [1.29, 1.82) is 0 Å². The molecule has 1 saturated carbocycles. The summed E-state index contributed by atoms with van der Waals surface area (Å²) in [5.41, 5.74) is 3.81. The summed E-state index contributed by atoms with van der Waals surface area (Å²) in [6.07, 6.45) is 15.5. The minimum absolute atomic E-state index is 0.127. The Kier molecular flexibility index (Phi) is 24.8. The van der Waals surface area contributed by atoms with Crippen molar-refractivity contribution in [3.63, 3.8) is 0 Å². The normalized spacial score (nSPS) is 18.8. The summed E-state index contributed by atoms with van der Waals surface area (Å²) in [7, 11) is 1.40. The monoisotopic (exact) mass is 897 g/mol. The van der Waals surface area contributed by atoms with Crippen LogP contribution >= 0.6 is 0 Å². The van der Waals surface area contributed by atoms with Crippen LogP contribution in [0.1, 0.15) is 167 Å². The van der Waals surface area contributed by atoms with E-state index in [0.29, 0.717) is 42.9 Å². The number of anilines is 1. The van der Waals surface area contributed by atoms with Gasteiger partial charge in [0.2, 0.25) is 5.91 Å². The van der Waals surface area contributed by atoms with E-state index in [-0.39, 0.29) is 35.9 Å². The molecule has 1 amide bonds. The first-order valence-electron chi connectivity index (χ1n) is 24.7. The molecule has 1 saturated heterocycles. The molecule has 1 heterocycles. The van der Waals surface area contributed by atoms with Gasteiger partial charge in [-0.05, 0) is 92.5 Å². The third-order valence-electron chi connectivity index (χ3n) is 13.0. The number of methoxy groups -OCH3 is 1. The largest absolute Gasteiger partial charge is 0.507 e. The first kappa shape index (κ1) is 55.0. The summed E-state index contributed by atoms with van der Waals surface area (Å²) in [4.78, 5) is 40.4. The van der Waals surface area contributed by atoms with Gasteiger partial charge in [-0.3, -0.25) is 14.4 Å². The van der Waals surface area contributed by atoms with Crippen molar-refractivity contribution in [2.45, 2.75) is 174 Å². The van der Waals surface area contributed by atoms with Crippen molar-refractivity contribution >= 4 is 23.3 Å². The lowest BCUT2D eigenvalue weighted by atomic mass is 9.87. The van der Waals surface area contributed by atoms with Gasteiger partial charge in [0.05, 0.1) is 18.8 Å². The number of likely N-dealkylation sites (tertiary alicyclic amines) is 1. The number of carbonyl (C=O) groups is 3. The smallest absolute Gasteiger partial charge is 0.305 e. The molecule has 65 heavy (non-hydrogen) atoms. The molecule has 1 aliphatic carbocycles. The van der Waals surface area contributed by atoms with Crippen molar-refractivity contribution in [1.82, 2.24) is 4.90 Å². The second kappa shape index (κ2) is 29.4. The van der Waals surface area contributed by atoms with Crippen molar-refractivity contribution < 1.29 is 34.4 Å². The average molecular weight is 897 g/mol. The Morgan fingerprint density at radius 2 is 1.46 bits per heavy atom. The van der Waals surface area contributed by atoms with E-state index < -0.39 is 11.7 Å². The molecule has 0 aromatic heterocycles. The molecule has 360 valence electrons. The van der Waals surface area contributed by atoms with Gasteiger partial charge in [-0.1, -0.05) is 153 Å². The number of ether oxygens (including phenoxy) is 1. The number of aliphatic hydroxyl groups excluding tert-OH is 1. The fourth-order valence-electron chi connectivity index (χ4n) is 8.98. The average Bonchev–Trinajstić information content (AvgIpc) is 3.57. The van der Waals surface area contributed by atoms with Gasteiger partial charge in [-0.2, -0.15) is 0 Å². The topological polar surface area (TPSA) is 128 Å². The van der Waals surface area contributed by atoms with Crippen molar-refractivity contribution in [3.05, 3.63) is 108 Å². The molecule has 0 radical (unpaired) electrons. The number of esters is 1. The molecule has 5 rings (SSSR count). The number of hydrogen-bond acceptors (Lipinski definition) is 8.